The quantitative estimate of drug-likeness (QED) is 0.548. The van der Waals surface area contributed by atoms with Gasteiger partial charge in [-0.1, -0.05) is 12.1 Å². The zero-order valence-corrected chi connectivity index (χ0v) is 17.8. The second-order valence-corrected chi connectivity index (χ2v) is 7.97. The molecule has 1 aliphatic rings. The third-order valence-corrected chi connectivity index (χ3v) is 5.73. The van der Waals surface area contributed by atoms with Crippen LogP contribution in [0.15, 0.2) is 42.6 Å². The molecule has 160 valence electrons. The summed E-state index contributed by atoms with van der Waals surface area (Å²) < 4.78 is 0. The number of benzene rings is 1. The molecule has 3 rings (SSSR count). The fraction of sp³-hybridized carbons (Fsp3) is 0.455. The molecular formula is C22H31BN4O3. The molecule has 0 radical (unpaired) electrons. The van der Waals surface area contributed by atoms with E-state index in [2.05, 4.69) is 21.3 Å². The third kappa shape index (κ3) is 5.89. The molecule has 0 bridgehead atoms. The van der Waals surface area contributed by atoms with E-state index in [9.17, 15) is 14.8 Å². The lowest BCUT2D eigenvalue weighted by Gasteiger charge is -2.31. The van der Waals surface area contributed by atoms with Crippen molar-refractivity contribution in [1.29, 1.82) is 0 Å². The minimum absolute atomic E-state index is 0.159. The summed E-state index contributed by atoms with van der Waals surface area (Å²) in [7, 11) is 2.15. The number of carbonyl (C=O) groups is 1. The van der Waals surface area contributed by atoms with Crippen molar-refractivity contribution in [2.75, 3.05) is 40.3 Å². The van der Waals surface area contributed by atoms with Crippen molar-refractivity contribution in [1.82, 2.24) is 20.1 Å². The van der Waals surface area contributed by atoms with Crippen molar-refractivity contribution in [3.05, 3.63) is 59.4 Å². The number of nitrogens with zero attached hydrogens (tertiary/aromatic N) is 3. The highest BCUT2D eigenvalue weighted by atomic mass is 16.4. The van der Waals surface area contributed by atoms with Crippen molar-refractivity contribution in [2.24, 2.45) is 0 Å². The molecule has 3 N–H and O–H groups in total. The summed E-state index contributed by atoms with van der Waals surface area (Å²) in [6.45, 7) is 4.74. The Morgan fingerprint density at radius 2 is 2.03 bits per heavy atom. The largest absolute Gasteiger partial charge is 0.488 e. The molecule has 30 heavy (non-hydrogen) atoms. The predicted molar refractivity (Wildman–Crippen MR) is 119 cm³/mol. The average Bonchev–Trinajstić information content (AvgIpc) is 2.77. The number of likely N-dealkylation sites (N-methyl/N-ethyl adjacent to an activating group) is 1. The van der Waals surface area contributed by atoms with Gasteiger partial charge in [-0.25, -0.2) is 0 Å². The molecular weight excluding hydrogens is 379 g/mol. The Morgan fingerprint density at radius 3 is 2.73 bits per heavy atom. The van der Waals surface area contributed by atoms with Crippen LogP contribution in [0.2, 0.25) is 0 Å². The van der Waals surface area contributed by atoms with E-state index >= 15 is 0 Å². The van der Waals surface area contributed by atoms with Crippen LogP contribution >= 0.6 is 0 Å². The third-order valence-electron chi connectivity index (χ3n) is 5.73. The zero-order valence-electron chi connectivity index (χ0n) is 17.8. The molecule has 2 aromatic rings. The van der Waals surface area contributed by atoms with Gasteiger partial charge in [0.25, 0.3) is 5.91 Å². The number of pyridine rings is 1. The Hall–Kier alpha value is -2.26. The molecule has 0 saturated carbocycles. The molecule has 1 saturated heterocycles. The van der Waals surface area contributed by atoms with Crippen LogP contribution in [0.25, 0.3) is 0 Å². The van der Waals surface area contributed by atoms with E-state index in [0.29, 0.717) is 23.5 Å². The second kappa shape index (κ2) is 10.7. The zero-order chi connectivity index (χ0) is 21.5. The summed E-state index contributed by atoms with van der Waals surface area (Å²) in [5.74, 6) is 0.299. The maximum absolute atomic E-state index is 12.8. The number of likely N-dealkylation sites (tertiary alicyclic amines) is 1. The first kappa shape index (κ1) is 22.4. The van der Waals surface area contributed by atoms with Gasteiger partial charge in [0.2, 0.25) is 0 Å². The molecule has 7 nitrogen and oxygen atoms in total. The van der Waals surface area contributed by atoms with Crippen molar-refractivity contribution in [3.8, 4) is 0 Å². The number of aromatic nitrogens is 1. The van der Waals surface area contributed by atoms with Gasteiger partial charge in [0.1, 0.15) is 0 Å². The van der Waals surface area contributed by atoms with Gasteiger partial charge in [0, 0.05) is 50.1 Å². The monoisotopic (exact) mass is 410 g/mol. The van der Waals surface area contributed by atoms with Gasteiger partial charge in [-0.3, -0.25) is 9.78 Å². The van der Waals surface area contributed by atoms with E-state index < -0.39 is 7.12 Å². The number of rotatable bonds is 8. The van der Waals surface area contributed by atoms with E-state index in [1.165, 1.54) is 6.07 Å². The van der Waals surface area contributed by atoms with E-state index in [4.69, 9.17) is 0 Å². The summed E-state index contributed by atoms with van der Waals surface area (Å²) in [6.07, 6.45) is 4.04. The van der Waals surface area contributed by atoms with E-state index in [1.807, 2.05) is 19.3 Å². The molecule has 8 heteroatoms. The Morgan fingerprint density at radius 1 is 1.27 bits per heavy atom. The fourth-order valence-electron chi connectivity index (χ4n) is 3.94. The van der Waals surface area contributed by atoms with Crippen LogP contribution in [0.5, 0.6) is 0 Å². The van der Waals surface area contributed by atoms with E-state index in [1.54, 1.807) is 30.1 Å². The first-order chi connectivity index (χ1) is 14.5. The molecule has 0 unspecified atom stereocenters. The van der Waals surface area contributed by atoms with E-state index in [0.717, 1.165) is 50.3 Å². The second-order valence-electron chi connectivity index (χ2n) is 7.97. The minimum Gasteiger partial charge on any atom is -0.423 e. The Balaban J connectivity index is 1.61. The van der Waals surface area contributed by atoms with Gasteiger partial charge in [-0.05, 0) is 68.3 Å². The highest BCUT2D eigenvalue weighted by molar-refractivity contribution is 6.58. The smallest absolute Gasteiger partial charge is 0.423 e. The molecule has 1 fully saturated rings. The molecule has 2 heterocycles. The van der Waals surface area contributed by atoms with Crippen LogP contribution < -0.4 is 10.8 Å². The molecule has 0 aliphatic carbocycles. The Bertz CT molecular complexity index is 841. The SMILES string of the molecule is CNCCN1CCC(c2cc(CN(C)C(=O)c3cccc(B(O)O)c3)ccn2)CC1. The van der Waals surface area contributed by atoms with Crippen molar-refractivity contribution in [3.63, 3.8) is 0 Å². The number of piperidine rings is 1. The maximum Gasteiger partial charge on any atom is 0.488 e. The van der Waals surface area contributed by atoms with Crippen molar-refractivity contribution in [2.45, 2.75) is 25.3 Å². The highest BCUT2D eigenvalue weighted by Crippen LogP contribution is 2.27. The Labute approximate surface area is 178 Å². The van der Waals surface area contributed by atoms with Crippen molar-refractivity contribution < 1.29 is 14.8 Å². The summed E-state index contributed by atoms with van der Waals surface area (Å²) in [6, 6.07) is 10.5. The molecule has 1 aromatic carbocycles. The van der Waals surface area contributed by atoms with Crippen LogP contribution in [0.3, 0.4) is 0 Å². The van der Waals surface area contributed by atoms with Crippen LogP contribution in [-0.4, -0.2) is 78.1 Å². The van der Waals surface area contributed by atoms with Gasteiger partial charge in [0.15, 0.2) is 0 Å². The van der Waals surface area contributed by atoms with Gasteiger partial charge in [-0.15, -0.1) is 0 Å². The predicted octanol–water partition coefficient (Wildman–Crippen LogP) is 0.432. The van der Waals surface area contributed by atoms with Crippen LogP contribution in [0.1, 0.15) is 40.4 Å². The first-order valence-electron chi connectivity index (χ1n) is 10.5. The number of hydrogen-bond donors (Lipinski definition) is 3. The van der Waals surface area contributed by atoms with Crippen LogP contribution in [0, 0.1) is 0 Å². The normalized spacial score (nSPS) is 15.2. The number of nitrogens with one attached hydrogen (secondary N) is 1. The highest BCUT2D eigenvalue weighted by Gasteiger charge is 2.22. The molecule has 1 aromatic heterocycles. The fourth-order valence-corrected chi connectivity index (χ4v) is 3.94. The molecule has 0 atom stereocenters. The lowest BCUT2D eigenvalue weighted by molar-refractivity contribution is 0.0785. The first-order valence-corrected chi connectivity index (χ1v) is 10.5. The standard InChI is InChI=1S/C22H31BN4O3/c1-24-10-13-27-11-7-18(8-12-27)21-14-17(6-9-25-21)16-26(2)22(28)19-4-3-5-20(15-19)23(29)30/h3-6,9,14-15,18,24,29-30H,7-8,10-13,16H2,1-2H3. The number of amides is 1. The van der Waals surface area contributed by atoms with Crippen LogP contribution in [0.4, 0.5) is 0 Å². The minimum atomic E-state index is -1.59. The van der Waals surface area contributed by atoms with Gasteiger partial charge in [-0.2, -0.15) is 0 Å². The molecule has 1 amide bonds. The summed E-state index contributed by atoms with van der Waals surface area (Å²) in [4.78, 5) is 21.5. The average molecular weight is 410 g/mol. The molecule has 1 aliphatic heterocycles. The van der Waals surface area contributed by atoms with Gasteiger partial charge < -0.3 is 25.2 Å². The van der Waals surface area contributed by atoms with E-state index in [-0.39, 0.29) is 5.91 Å². The maximum atomic E-state index is 12.8. The summed E-state index contributed by atoms with van der Waals surface area (Å²) in [5.41, 5.74) is 2.90. The number of carbonyl (C=O) groups excluding carboxylic acids is 1. The molecule has 0 spiro atoms. The van der Waals surface area contributed by atoms with Crippen LogP contribution in [-0.2, 0) is 6.54 Å². The van der Waals surface area contributed by atoms with Gasteiger partial charge >= 0.3 is 7.12 Å². The number of hydrogen-bond acceptors (Lipinski definition) is 6. The topological polar surface area (TPSA) is 88.9 Å². The summed E-state index contributed by atoms with van der Waals surface area (Å²) >= 11 is 0. The summed E-state index contributed by atoms with van der Waals surface area (Å²) in [5, 5.41) is 21.9. The van der Waals surface area contributed by atoms with Crippen molar-refractivity contribution >= 4 is 18.5 Å². The lowest BCUT2D eigenvalue weighted by atomic mass is 9.79. The van der Waals surface area contributed by atoms with Gasteiger partial charge in [0.05, 0.1) is 0 Å². The lowest BCUT2D eigenvalue weighted by Crippen LogP contribution is -2.37. The Kier molecular flexibility index (Phi) is 7.98.